The molecule has 1 aromatic carbocycles. The second-order valence-corrected chi connectivity index (χ2v) is 4.30. The van der Waals surface area contributed by atoms with Crippen LogP contribution in [-0.4, -0.2) is 19.1 Å². The molecule has 0 fully saturated rings. The van der Waals surface area contributed by atoms with Crippen LogP contribution in [-0.2, 0) is 10.1 Å². The van der Waals surface area contributed by atoms with Crippen molar-refractivity contribution in [3.63, 3.8) is 0 Å². The van der Waals surface area contributed by atoms with Gasteiger partial charge in [0.2, 0.25) is 5.83 Å². The van der Waals surface area contributed by atoms with E-state index in [4.69, 9.17) is 9.66 Å². The molecule has 108 valence electrons. The molecule has 1 rings (SSSR count). The van der Waals surface area contributed by atoms with E-state index < -0.39 is 28.1 Å². The molecule has 0 aromatic heterocycles. The molecular formula is C9H6F5KO4S. The average Bonchev–Trinajstić information content (AvgIpc) is 2.27. The predicted molar refractivity (Wildman–Crippen MR) is 51.6 cm³/mol. The first kappa shape index (κ1) is 22.2. The van der Waals surface area contributed by atoms with Gasteiger partial charge in [0.05, 0.1) is 10.9 Å². The summed E-state index contributed by atoms with van der Waals surface area (Å²) < 4.78 is 83.6. The van der Waals surface area contributed by atoms with Crippen molar-refractivity contribution < 1.29 is 91.4 Å². The van der Waals surface area contributed by atoms with Gasteiger partial charge in [0.1, 0.15) is 0 Å². The van der Waals surface area contributed by atoms with Gasteiger partial charge in [-0.3, -0.25) is 4.55 Å². The van der Waals surface area contributed by atoms with Crippen LogP contribution in [0.3, 0.4) is 0 Å². The fourth-order valence-corrected chi connectivity index (χ4v) is 1.20. The third kappa shape index (κ3) is 9.00. The molecule has 0 aliphatic carbocycles. The molecule has 1 aromatic rings. The molecule has 0 heterocycles. The molecule has 0 radical (unpaired) electrons. The number of halogens is 5. The van der Waals surface area contributed by atoms with Gasteiger partial charge in [0.25, 0.3) is 10.1 Å². The number of hydrogen-bond acceptors (Lipinski definition) is 3. The van der Waals surface area contributed by atoms with Crippen LogP contribution < -0.4 is 56.5 Å². The zero-order chi connectivity index (χ0) is 15.3. The van der Waals surface area contributed by atoms with Gasteiger partial charge in [-0.25, -0.2) is 4.39 Å². The molecule has 20 heavy (non-hydrogen) atoms. The van der Waals surface area contributed by atoms with Gasteiger partial charge in [0.15, 0.2) is 0 Å². The van der Waals surface area contributed by atoms with Gasteiger partial charge in [-0.2, -0.15) is 26.0 Å². The molecular weight excluding hydrogens is 338 g/mol. The van der Waals surface area contributed by atoms with E-state index in [9.17, 15) is 30.4 Å². The number of hydrogen-bond donors (Lipinski definition) is 1. The van der Waals surface area contributed by atoms with Crippen molar-refractivity contribution >= 4 is 10.1 Å². The standard InChI is InChI=1S/C6H6O3S.C3HF5O.K/c7-10(8,9)6-4-2-1-3-5-6;4-1(2(5)9)3(6,7)8;/h1-5H,(H,7,8,9);9H;/q;;+1/p-1. The van der Waals surface area contributed by atoms with Gasteiger partial charge in [0, 0.05) is 0 Å². The molecule has 0 amide bonds. The van der Waals surface area contributed by atoms with Gasteiger partial charge in [-0.05, 0) is 12.1 Å². The zero-order valence-electron chi connectivity index (χ0n) is 9.86. The summed E-state index contributed by atoms with van der Waals surface area (Å²) in [6.45, 7) is 0. The zero-order valence-corrected chi connectivity index (χ0v) is 13.8. The van der Waals surface area contributed by atoms with Crippen molar-refractivity contribution in [2.45, 2.75) is 11.1 Å². The molecule has 0 aliphatic heterocycles. The molecule has 0 unspecified atom stereocenters. The van der Waals surface area contributed by atoms with Crippen molar-refractivity contribution in [3.8, 4) is 0 Å². The van der Waals surface area contributed by atoms with E-state index in [1.165, 1.54) is 12.1 Å². The normalized spacial score (nSPS) is 12.5. The first-order valence-electron chi connectivity index (χ1n) is 4.28. The molecule has 0 atom stereocenters. The van der Waals surface area contributed by atoms with Crippen LogP contribution in [0, 0.1) is 0 Å². The Morgan fingerprint density at radius 2 is 1.50 bits per heavy atom. The molecule has 1 N–H and O–H groups in total. The Morgan fingerprint density at radius 1 is 1.10 bits per heavy atom. The fourth-order valence-electron chi connectivity index (χ4n) is 0.704. The second-order valence-electron chi connectivity index (χ2n) is 2.87. The summed E-state index contributed by atoms with van der Waals surface area (Å²) in [6, 6.07) is 4.33. The summed E-state index contributed by atoms with van der Waals surface area (Å²) in [5.41, 5.74) is 0. The van der Waals surface area contributed by atoms with Crippen LogP contribution >= 0.6 is 0 Å². The minimum Gasteiger partial charge on any atom is -0.849 e. The van der Waals surface area contributed by atoms with Crippen LogP contribution in [0.2, 0.25) is 0 Å². The first-order valence-corrected chi connectivity index (χ1v) is 5.72. The Hall–Kier alpha value is -0.0436. The van der Waals surface area contributed by atoms with Crippen LogP contribution in [0.4, 0.5) is 22.0 Å². The van der Waals surface area contributed by atoms with Crippen LogP contribution in [0.1, 0.15) is 0 Å². The number of alkyl halides is 3. The van der Waals surface area contributed by atoms with Crippen molar-refractivity contribution in [1.29, 1.82) is 0 Å². The first-order chi connectivity index (χ1) is 8.46. The Morgan fingerprint density at radius 3 is 1.65 bits per heavy atom. The van der Waals surface area contributed by atoms with Crippen molar-refractivity contribution in [3.05, 3.63) is 42.2 Å². The SMILES string of the molecule is O=S(=O)(O)c1ccccc1.[K+].[O-]C(F)=C(F)C(F)(F)F. The van der Waals surface area contributed by atoms with E-state index in [1.807, 2.05) is 0 Å². The molecule has 0 saturated carbocycles. The minimum absolute atomic E-state index is 0. The van der Waals surface area contributed by atoms with Crippen LogP contribution in [0.5, 0.6) is 0 Å². The predicted octanol–water partition coefficient (Wildman–Crippen LogP) is -1.05. The second kappa shape index (κ2) is 9.07. The number of allylic oxidation sites excluding steroid dienone is 1. The summed E-state index contributed by atoms with van der Waals surface area (Å²) in [4.78, 5) is -0.0741. The summed E-state index contributed by atoms with van der Waals surface area (Å²) in [6.07, 6.45) is -5.49. The summed E-state index contributed by atoms with van der Waals surface area (Å²) in [7, 11) is -4.00. The molecule has 0 bridgehead atoms. The largest absolute Gasteiger partial charge is 1.00 e. The smallest absolute Gasteiger partial charge is 0.849 e. The van der Waals surface area contributed by atoms with Crippen molar-refractivity contribution in [2.75, 3.05) is 0 Å². The van der Waals surface area contributed by atoms with E-state index in [0.717, 1.165) is 0 Å². The Kier molecular flexibility index (Phi) is 10.1. The maximum absolute atomic E-state index is 11.1. The summed E-state index contributed by atoms with van der Waals surface area (Å²) >= 11 is 0. The molecule has 0 spiro atoms. The quantitative estimate of drug-likeness (QED) is 0.305. The van der Waals surface area contributed by atoms with Gasteiger partial charge in [-0.15, -0.1) is 0 Å². The van der Waals surface area contributed by atoms with E-state index in [2.05, 4.69) is 0 Å². The van der Waals surface area contributed by atoms with Gasteiger partial charge in [-0.1, -0.05) is 18.2 Å². The minimum atomic E-state index is -5.49. The maximum atomic E-state index is 11.1. The van der Waals surface area contributed by atoms with Gasteiger partial charge < -0.3 is 5.11 Å². The molecule has 4 nitrogen and oxygen atoms in total. The third-order valence-corrected chi connectivity index (χ3v) is 2.33. The summed E-state index contributed by atoms with van der Waals surface area (Å²) in [5, 5.41) is 8.99. The molecule has 11 heteroatoms. The Balaban J connectivity index is 0. The topological polar surface area (TPSA) is 77.4 Å². The molecule has 0 aliphatic rings. The average molecular weight is 344 g/mol. The Labute approximate surface area is 153 Å². The Bertz CT molecular complexity index is 537. The molecule has 0 saturated heterocycles. The fraction of sp³-hybridized carbons (Fsp3) is 0.111. The monoisotopic (exact) mass is 344 g/mol. The van der Waals surface area contributed by atoms with E-state index >= 15 is 0 Å². The van der Waals surface area contributed by atoms with Crippen LogP contribution in [0.25, 0.3) is 0 Å². The summed E-state index contributed by atoms with van der Waals surface area (Å²) in [5.74, 6) is -3.22. The van der Waals surface area contributed by atoms with E-state index in [0.29, 0.717) is 0 Å². The third-order valence-electron chi connectivity index (χ3n) is 1.46. The maximum Gasteiger partial charge on any atom is 1.00 e. The number of benzene rings is 1. The van der Waals surface area contributed by atoms with Crippen molar-refractivity contribution in [1.82, 2.24) is 0 Å². The number of rotatable bonds is 1. The van der Waals surface area contributed by atoms with Crippen molar-refractivity contribution in [2.24, 2.45) is 0 Å². The van der Waals surface area contributed by atoms with E-state index in [1.54, 1.807) is 18.2 Å². The van der Waals surface area contributed by atoms with Crippen LogP contribution in [0.15, 0.2) is 47.1 Å². The van der Waals surface area contributed by atoms with E-state index in [-0.39, 0.29) is 56.3 Å². The van der Waals surface area contributed by atoms with Gasteiger partial charge >= 0.3 is 57.6 Å².